The molecule has 0 radical (unpaired) electrons. The molecule has 0 aliphatic rings. The molecule has 2 rings (SSSR count). The average Bonchev–Trinajstić information content (AvgIpc) is 2.68. The second-order valence-corrected chi connectivity index (χ2v) is 6.53. The average molecular weight is 388 g/mol. The van der Waals surface area contributed by atoms with Crippen molar-refractivity contribution in [1.82, 2.24) is 0 Å². The van der Waals surface area contributed by atoms with E-state index in [4.69, 9.17) is 21.1 Å². The number of benzene rings is 2. The Bertz CT molecular complexity index is 774. The molecule has 0 spiro atoms. The van der Waals surface area contributed by atoms with Gasteiger partial charge in [-0.05, 0) is 42.3 Å². The lowest BCUT2D eigenvalue weighted by atomic mass is 10.2. The number of carbonyl (C=O) groups is 1. The third-order valence-electron chi connectivity index (χ3n) is 4.00. The van der Waals surface area contributed by atoms with Crippen molar-refractivity contribution in [3.05, 3.63) is 59.1 Å². The highest BCUT2D eigenvalue weighted by Gasteiger charge is 2.06. The summed E-state index contributed by atoms with van der Waals surface area (Å²) in [6, 6.07) is 12.7. The van der Waals surface area contributed by atoms with Gasteiger partial charge in [0.15, 0.2) is 11.5 Å². The summed E-state index contributed by atoms with van der Waals surface area (Å²) in [5, 5.41) is 3.25. The highest BCUT2D eigenvalue weighted by molar-refractivity contribution is 6.33. The summed E-state index contributed by atoms with van der Waals surface area (Å²) >= 11 is 6.04. The van der Waals surface area contributed by atoms with E-state index in [1.54, 1.807) is 25.3 Å². The zero-order valence-electron chi connectivity index (χ0n) is 15.8. The van der Waals surface area contributed by atoms with Gasteiger partial charge in [-0.2, -0.15) is 0 Å². The number of nitrogens with one attached hydrogen (secondary N) is 1. The van der Waals surface area contributed by atoms with Crippen molar-refractivity contribution in [3.8, 4) is 11.5 Å². The lowest BCUT2D eigenvalue weighted by molar-refractivity contribution is -0.111. The predicted octanol–water partition coefficient (Wildman–Crippen LogP) is 5.96. The largest absolute Gasteiger partial charge is 0.493 e. The maximum absolute atomic E-state index is 12.1. The molecular weight excluding hydrogens is 362 g/mol. The topological polar surface area (TPSA) is 47.6 Å². The Hall–Kier alpha value is -2.46. The number of para-hydroxylation sites is 1. The van der Waals surface area contributed by atoms with Crippen LogP contribution in [0.2, 0.25) is 5.02 Å². The molecule has 0 bridgehead atoms. The first-order valence-electron chi connectivity index (χ1n) is 9.18. The normalized spacial score (nSPS) is 10.8. The summed E-state index contributed by atoms with van der Waals surface area (Å²) in [6.45, 7) is 2.86. The number of methoxy groups -OCH3 is 1. The van der Waals surface area contributed by atoms with E-state index >= 15 is 0 Å². The number of ether oxygens (including phenoxy) is 2. The molecule has 5 heteroatoms. The maximum Gasteiger partial charge on any atom is 0.248 e. The van der Waals surface area contributed by atoms with Crippen LogP contribution < -0.4 is 14.8 Å². The minimum absolute atomic E-state index is 0.252. The number of anilines is 1. The fourth-order valence-electron chi connectivity index (χ4n) is 2.53. The number of halogens is 1. The zero-order chi connectivity index (χ0) is 19.5. The highest BCUT2D eigenvalue weighted by Crippen LogP contribution is 2.29. The minimum atomic E-state index is -0.252. The van der Waals surface area contributed by atoms with Gasteiger partial charge in [-0.1, -0.05) is 56.0 Å². The van der Waals surface area contributed by atoms with Gasteiger partial charge in [0.05, 0.1) is 24.4 Å². The second kappa shape index (κ2) is 11.3. The van der Waals surface area contributed by atoms with Gasteiger partial charge in [-0.25, -0.2) is 0 Å². The molecule has 0 saturated heterocycles. The molecule has 0 fully saturated rings. The lowest BCUT2D eigenvalue weighted by Gasteiger charge is -2.11. The van der Waals surface area contributed by atoms with Gasteiger partial charge < -0.3 is 14.8 Å². The molecule has 0 heterocycles. The van der Waals surface area contributed by atoms with Gasteiger partial charge in [-0.15, -0.1) is 0 Å². The molecule has 0 aromatic heterocycles. The van der Waals surface area contributed by atoms with E-state index in [9.17, 15) is 4.79 Å². The number of hydrogen-bond donors (Lipinski definition) is 1. The van der Waals surface area contributed by atoms with Crippen molar-refractivity contribution in [2.45, 2.75) is 32.6 Å². The Morgan fingerprint density at radius 2 is 1.93 bits per heavy atom. The molecule has 1 N–H and O–H groups in total. The Kier molecular flexibility index (Phi) is 8.72. The zero-order valence-corrected chi connectivity index (χ0v) is 16.6. The summed E-state index contributed by atoms with van der Waals surface area (Å²) in [4.78, 5) is 12.1. The summed E-state index contributed by atoms with van der Waals surface area (Å²) in [5.74, 6) is 1.11. The van der Waals surface area contributed by atoms with Crippen molar-refractivity contribution in [2.75, 3.05) is 19.0 Å². The molecule has 1 amide bonds. The number of rotatable bonds is 10. The van der Waals surface area contributed by atoms with E-state index < -0.39 is 0 Å². The van der Waals surface area contributed by atoms with E-state index in [-0.39, 0.29) is 5.91 Å². The van der Waals surface area contributed by atoms with E-state index in [0.717, 1.165) is 12.0 Å². The summed E-state index contributed by atoms with van der Waals surface area (Å²) in [5.41, 5.74) is 1.43. The molecule has 0 unspecified atom stereocenters. The molecule has 0 saturated carbocycles. The predicted molar refractivity (Wildman–Crippen MR) is 112 cm³/mol. The van der Waals surface area contributed by atoms with Crippen molar-refractivity contribution >= 4 is 29.3 Å². The Labute approximate surface area is 166 Å². The number of carbonyl (C=O) groups excluding carboxylic acids is 1. The van der Waals surface area contributed by atoms with E-state index in [0.29, 0.717) is 28.8 Å². The molecular formula is C22H26ClNO3. The van der Waals surface area contributed by atoms with Crippen LogP contribution in [0.15, 0.2) is 48.5 Å². The Balaban J connectivity index is 1.94. The lowest BCUT2D eigenvalue weighted by Crippen LogP contribution is -2.07. The number of unbranched alkanes of at least 4 members (excludes halogenated alkanes) is 3. The second-order valence-electron chi connectivity index (χ2n) is 6.12. The quantitative estimate of drug-likeness (QED) is 0.404. The third kappa shape index (κ3) is 6.99. The SMILES string of the molecule is CCCCCCOc1ccc(/C=C/C(=O)Nc2ccccc2Cl)cc1OC. The molecule has 4 nitrogen and oxygen atoms in total. The van der Waals surface area contributed by atoms with Crippen molar-refractivity contribution in [3.63, 3.8) is 0 Å². The van der Waals surface area contributed by atoms with Crippen LogP contribution in [0.5, 0.6) is 11.5 Å². The fourth-order valence-corrected chi connectivity index (χ4v) is 2.71. The fraction of sp³-hybridized carbons (Fsp3) is 0.318. The van der Waals surface area contributed by atoms with Crippen LogP contribution in [0, 0.1) is 0 Å². The van der Waals surface area contributed by atoms with E-state index in [2.05, 4.69) is 12.2 Å². The number of amides is 1. The molecule has 144 valence electrons. The Morgan fingerprint density at radius 1 is 1.11 bits per heavy atom. The first kappa shape index (κ1) is 20.8. The van der Waals surface area contributed by atoms with Gasteiger partial charge in [0.2, 0.25) is 5.91 Å². The van der Waals surface area contributed by atoms with Crippen molar-refractivity contribution < 1.29 is 14.3 Å². The summed E-state index contributed by atoms with van der Waals surface area (Å²) < 4.78 is 11.2. The molecule has 2 aromatic rings. The summed E-state index contributed by atoms with van der Waals surface area (Å²) in [6.07, 6.45) is 7.80. The van der Waals surface area contributed by atoms with Crippen LogP contribution in [-0.4, -0.2) is 19.6 Å². The van der Waals surface area contributed by atoms with Crippen LogP contribution in [0.1, 0.15) is 38.2 Å². The first-order valence-corrected chi connectivity index (χ1v) is 9.56. The van der Waals surface area contributed by atoms with Gasteiger partial charge >= 0.3 is 0 Å². The van der Waals surface area contributed by atoms with E-state index in [1.165, 1.54) is 25.3 Å². The number of hydrogen-bond acceptors (Lipinski definition) is 3. The standard InChI is InChI=1S/C22H26ClNO3/c1-3-4-5-8-15-27-20-13-11-17(16-21(20)26-2)12-14-22(25)24-19-10-7-6-9-18(19)23/h6-7,9-14,16H,3-5,8,15H2,1-2H3,(H,24,25)/b14-12+. The van der Waals surface area contributed by atoms with Crippen molar-refractivity contribution in [2.24, 2.45) is 0 Å². The highest BCUT2D eigenvalue weighted by atomic mass is 35.5. The van der Waals surface area contributed by atoms with Gasteiger partial charge in [0, 0.05) is 6.08 Å². The van der Waals surface area contributed by atoms with Gasteiger partial charge in [0.25, 0.3) is 0 Å². The van der Waals surface area contributed by atoms with Gasteiger partial charge in [-0.3, -0.25) is 4.79 Å². The monoisotopic (exact) mass is 387 g/mol. The van der Waals surface area contributed by atoms with Crippen LogP contribution in [0.4, 0.5) is 5.69 Å². The Morgan fingerprint density at radius 3 is 2.67 bits per heavy atom. The van der Waals surface area contributed by atoms with Crippen LogP contribution in [-0.2, 0) is 4.79 Å². The van der Waals surface area contributed by atoms with Gasteiger partial charge in [0.1, 0.15) is 0 Å². The summed E-state index contributed by atoms with van der Waals surface area (Å²) in [7, 11) is 1.61. The maximum atomic E-state index is 12.1. The molecule has 27 heavy (non-hydrogen) atoms. The minimum Gasteiger partial charge on any atom is -0.493 e. The third-order valence-corrected chi connectivity index (χ3v) is 4.33. The molecule has 0 atom stereocenters. The smallest absolute Gasteiger partial charge is 0.248 e. The van der Waals surface area contributed by atoms with Crippen LogP contribution in [0.25, 0.3) is 6.08 Å². The van der Waals surface area contributed by atoms with E-state index in [1.807, 2.05) is 30.3 Å². The molecule has 0 aliphatic carbocycles. The van der Waals surface area contributed by atoms with Crippen LogP contribution >= 0.6 is 11.6 Å². The van der Waals surface area contributed by atoms with Crippen molar-refractivity contribution in [1.29, 1.82) is 0 Å². The molecule has 0 aliphatic heterocycles. The van der Waals surface area contributed by atoms with Crippen LogP contribution in [0.3, 0.4) is 0 Å². The first-order chi connectivity index (χ1) is 13.1. The molecule has 2 aromatic carbocycles.